The number of hydrogen-bond acceptors (Lipinski definition) is 4. The third kappa shape index (κ3) is 7.45. The zero-order valence-corrected chi connectivity index (χ0v) is 18.6. The van der Waals surface area contributed by atoms with Crippen LogP contribution >= 0.6 is 69.6 Å². The molecule has 0 N–H and O–H groups in total. The maximum atomic E-state index is 5.85. The number of benzene rings is 1. The lowest BCUT2D eigenvalue weighted by Crippen LogP contribution is -2.16. The molecule has 0 aliphatic carbocycles. The maximum absolute atomic E-state index is 5.85. The van der Waals surface area contributed by atoms with E-state index < -0.39 is 7.59 Å². The molecule has 0 fully saturated rings. The minimum absolute atomic E-state index is 0.136. The highest BCUT2D eigenvalue weighted by Crippen LogP contribution is 2.39. The van der Waals surface area contributed by atoms with Gasteiger partial charge in [0.2, 0.25) is 7.59 Å². The van der Waals surface area contributed by atoms with Gasteiger partial charge in [0.05, 0.1) is 6.61 Å². The van der Waals surface area contributed by atoms with E-state index in [-0.39, 0.29) is 17.5 Å². The van der Waals surface area contributed by atoms with Crippen LogP contribution in [0.25, 0.3) is 12.2 Å². The summed E-state index contributed by atoms with van der Waals surface area (Å²) < 4.78 is 1.86. The lowest BCUT2D eigenvalue weighted by molar-refractivity contribution is 0.309. The summed E-state index contributed by atoms with van der Waals surface area (Å²) in [6.07, 6.45) is 5.47. The standard InChI is InChI=1S/C17H15Cl6N3O/c1-2-3-10-27-12-7-4-11(5-8-12)6-9-13-24-14(16(18,19)20)26-15(25-13)17(21,22)23/h4-9H,2-3,10H2,1H3/b9-6+. The van der Waals surface area contributed by atoms with Crippen LogP contribution in [-0.4, -0.2) is 21.6 Å². The Morgan fingerprint density at radius 2 is 1.41 bits per heavy atom. The Morgan fingerprint density at radius 3 is 1.89 bits per heavy atom. The molecule has 0 radical (unpaired) electrons. The summed E-state index contributed by atoms with van der Waals surface area (Å²) in [5.41, 5.74) is 0.893. The largest absolute Gasteiger partial charge is 0.494 e. The molecule has 10 heteroatoms. The van der Waals surface area contributed by atoms with Crippen molar-refractivity contribution in [2.45, 2.75) is 27.4 Å². The van der Waals surface area contributed by atoms with Gasteiger partial charge < -0.3 is 4.74 Å². The highest BCUT2D eigenvalue weighted by molar-refractivity contribution is 6.67. The molecule has 2 rings (SSSR count). The van der Waals surface area contributed by atoms with Crippen LogP contribution in [0.1, 0.15) is 42.8 Å². The van der Waals surface area contributed by atoms with Crippen LogP contribution in [0.2, 0.25) is 0 Å². The molecule has 0 unspecified atom stereocenters. The molecule has 0 spiro atoms. The number of ether oxygens (including phenoxy) is 1. The van der Waals surface area contributed by atoms with Gasteiger partial charge in [0.1, 0.15) is 5.75 Å². The molecule has 27 heavy (non-hydrogen) atoms. The van der Waals surface area contributed by atoms with Gasteiger partial charge in [-0.1, -0.05) is 101 Å². The fourth-order valence-electron chi connectivity index (χ4n) is 1.90. The minimum Gasteiger partial charge on any atom is -0.494 e. The molecule has 146 valence electrons. The first-order valence-corrected chi connectivity index (χ1v) is 10.2. The summed E-state index contributed by atoms with van der Waals surface area (Å²) >= 11 is 35.1. The lowest BCUT2D eigenvalue weighted by atomic mass is 10.2. The Hall–Kier alpha value is -0.490. The quantitative estimate of drug-likeness (QED) is 0.328. The lowest BCUT2D eigenvalue weighted by Gasteiger charge is -2.14. The Kier molecular flexibility index (Phi) is 8.29. The van der Waals surface area contributed by atoms with Crippen molar-refractivity contribution in [3.8, 4) is 5.75 Å². The smallest absolute Gasteiger partial charge is 0.250 e. The number of alkyl halides is 6. The van der Waals surface area contributed by atoms with Gasteiger partial charge in [-0.25, -0.2) is 15.0 Å². The predicted octanol–water partition coefficient (Wildman–Crippen LogP) is 6.87. The Balaban J connectivity index is 2.22. The molecule has 0 atom stereocenters. The van der Waals surface area contributed by atoms with Crippen molar-refractivity contribution in [2.24, 2.45) is 0 Å². The van der Waals surface area contributed by atoms with Crippen LogP contribution in [0.15, 0.2) is 24.3 Å². The summed E-state index contributed by atoms with van der Waals surface area (Å²) in [5.74, 6) is 0.722. The molecule has 1 aromatic heterocycles. The number of unbranched alkanes of at least 4 members (excludes halogenated alkanes) is 1. The van der Waals surface area contributed by atoms with Crippen molar-refractivity contribution in [3.05, 3.63) is 47.3 Å². The van der Waals surface area contributed by atoms with Crippen LogP contribution < -0.4 is 4.74 Å². The fraction of sp³-hybridized carbons (Fsp3) is 0.353. The molecule has 4 nitrogen and oxygen atoms in total. The molecule has 0 saturated heterocycles. The average Bonchev–Trinajstić information content (AvgIpc) is 2.59. The van der Waals surface area contributed by atoms with E-state index in [1.807, 2.05) is 24.3 Å². The van der Waals surface area contributed by atoms with Crippen LogP contribution in [0.3, 0.4) is 0 Å². The highest BCUT2D eigenvalue weighted by atomic mass is 35.6. The molecular weight excluding hydrogens is 475 g/mol. The minimum atomic E-state index is -1.88. The van der Waals surface area contributed by atoms with Gasteiger partial charge in [-0.2, -0.15) is 0 Å². The fourth-order valence-corrected chi connectivity index (χ4v) is 2.41. The molecule has 0 amide bonds. The molecule has 0 aliphatic rings. The number of aromatic nitrogens is 3. The Bertz CT molecular complexity index is 752. The van der Waals surface area contributed by atoms with Crippen molar-refractivity contribution in [1.29, 1.82) is 0 Å². The second-order valence-corrected chi connectivity index (χ2v) is 10.0. The second kappa shape index (κ2) is 9.82. The van der Waals surface area contributed by atoms with Gasteiger partial charge in [-0.15, -0.1) is 0 Å². The molecule has 0 aliphatic heterocycles. The highest BCUT2D eigenvalue weighted by Gasteiger charge is 2.33. The zero-order valence-electron chi connectivity index (χ0n) is 14.1. The van der Waals surface area contributed by atoms with Crippen LogP contribution in [0.5, 0.6) is 5.75 Å². The van der Waals surface area contributed by atoms with Crippen molar-refractivity contribution < 1.29 is 4.74 Å². The first-order chi connectivity index (χ1) is 12.6. The van der Waals surface area contributed by atoms with E-state index in [1.54, 1.807) is 12.2 Å². The number of rotatable bonds is 6. The van der Waals surface area contributed by atoms with E-state index in [9.17, 15) is 0 Å². The molecule has 1 heterocycles. The summed E-state index contributed by atoms with van der Waals surface area (Å²) in [5, 5.41) is 0. The molecule has 0 saturated carbocycles. The summed E-state index contributed by atoms with van der Waals surface area (Å²) in [6.45, 7) is 2.80. The zero-order chi connectivity index (χ0) is 20.1. The number of halogens is 6. The second-order valence-electron chi connectivity index (χ2n) is 5.44. The summed E-state index contributed by atoms with van der Waals surface area (Å²) in [7, 11) is 0. The molecule has 1 aromatic carbocycles. The van der Waals surface area contributed by atoms with E-state index >= 15 is 0 Å². The number of hydrogen-bond donors (Lipinski definition) is 0. The first-order valence-electron chi connectivity index (χ1n) is 7.91. The van der Waals surface area contributed by atoms with E-state index in [0.29, 0.717) is 6.61 Å². The molecule has 2 aromatic rings. The first kappa shape index (κ1) is 22.8. The van der Waals surface area contributed by atoms with Gasteiger partial charge >= 0.3 is 0 Å². The van der Waals surface area contributed by atoms with Gasteiger partial charge in [-0.05, 0) is 30.2 Å². The van der Waals surface area contributed by atoms with Crippen molar-refractivity contribution in [1.82, 2.24) is 15.0 Å². The van der Waals surface area contributed by atoms with E-state index in [0.717, 1.165) is 24.2 Å². The topological polar surface area (TPSA) is 47.9 Å². The third-order valence-corrected chi connectivity index (χ3v) is 4.25. The van der Waals surface area contributed by atoms with E-state index in [1.165, 1.54) is 0 Å². The van der Waals surface area contributed by atoms with Crippen LogP contribution in [0.4, 0.5) is 0 Å². The molecule has 0 bridgehead atoms. The van der Waals surface area contributed by atoms with E-state index in [2.05, 4.69) is 21.9 Å². The normalized spacial score (nSPS) is 12.6. The maximum Gasteiger partial charge on any atom is 0.250 e. The third-order valence-electron chi connectivity index (χ3n) is 3.23. The Morgan fingerprint density at radius 1 is 0.852 bits per heavy atom. The van der Waals surface area contributed by atoms with Gasteiger partial charge in [-0.3, -0.25) is 0 Å². The van der Waals surface area contributed by atoms with Gasteiger partial charge in [0.25, 0.3) is 0 Å². The monoisotopic (exact) mass is 487 g/mol. The predicted molar refractivity (Wildman–Crippen MR) is 114 cm³/mol. The van der Waals surface area contributed by atoms with Gasteiger partial charge in [0.15, 0.2) is 17.5 Å². The summed E-state index contributed by atoms with van der Waals surface area (Å²) in [6, 6.07) is 7.54. The molecular formula is C17H15Cl6N3O. The van der Waals surface area contributed by atoms with Crippen molar-refractivity contribution in [2.75, 3.05) is 6.61 Å². The average molecular weight is 490 g/mol. The number of nitrogens with zero attached hydrogens (tertiary/aromatic N) is 3. The SMILES string of the molecule is CCCCOc1ccc(/C=C/c2nc(C(Cl)(Cl)Cl)nc(C(Cl)(Cl)Cl)n2)cc1. The Labute approximate surface area is 187 Å². The van der Waals surface area contributed by atoms with Crippen LogP contribution in [0, 0.1) is 0 Å². The van der Waals surface area contributed by atoms with Crippen LogP contribution in [-0.2, 0) is 7.59 Å². The summed E-state index contributed by atoms with van der Waals surface area (Å²) in [4.78, 5) is 12.1. The van der Waals surface area contributed by atoms with Gasteiger partial charge in [0, 0.05) is 0 Å². The van der Waals surface area contributed by atoms with E-state index in [4.69, 9.17) is 74.3 Å². The van der Waals surface area contributed by atoms with Crippen molar-refractivity contribution >= 4 is 81.8 Å². The van der Waals surface area contributed by atoms with Crippen molar-refractivity contribution in [3.63, 3.8) is 0 Å².